The van der Waals surface area contributed by atoms with Gasteiger partial charge < -0.3 is 14.6 Å². The summed E-state index contributed by atoms with van der Waals surface area (Å²) >= 11 is 6.03. The minimum atomic E-state index is 0.360. The van der Waals surface area contributed by atoms with Crippen molar-refractivity contribution in [2.24, 2.45) is 0 Å². The number of methoxy groups -OCH3 is 1. The summed E-state index contributed by atoms with van der Waals surface area (Å²) in [5.41, 5.74) is 0.729. The van der Waals surface area contributed by atoms with Crippen LogP contribution in [0.15, 0.2) is 22.7 Å². The van der Waals surface area contributed by atoms with Crippen LogP contribution < -0.4 is 10.1 Å². The lowest BCUT2D eigenvalue weighted by Crippen LogP contribution is -2.27. The fourth-order valence-corrected chi connectivity index (χ4v) is 2.61. The van der Waals surface area contributed by atoms with Gasteiger partial charge in [0.2, 0.25) is 0 Å². The Balaban J connectivity index is 1.91. The van der Waals surface area contributed by atoms with Gasteiger partial charge in [0.05, 0.1) is 12.7 Å². The standard InChI is InChI=1S/C14H16ClN3O2/c1-19-12-3-2-10(15)8-11(12)14-17-13(18-20-14)9-4-6-16-7-5-9/h2-3,8-9,16H,4-7H2,1H3. The third kappa shape index (κ3) is 2.64. The molecule has 1 fully saturated rings. The summed E-state index contributed by atoms with van der Waals surface area (Å²) < 4.78 is 10.7. The predicted octanol–water partition coefficient (Wildman–Crippen LogP) is 2.87. The third-order valence-electron chi connectivity index (χ3n) is 3.54. The van der Waals surface area contributed by atoms with E-state index < -0.39 is 0 Å². The highest BCUT2D eigenvalue weighted by molar-refractivity contribution is 6.30. The molecule has 1 N–H and O–H groups in total. The Morgan fingerprint density at radius 3 is 2.90 bits per heavy atom. The van der Waals surface area contributed by atoms with Crippen molar-refractivity contribution in [1.29, 1.82) is 0 Å². The Bertz CT molecular complexity index is 594. The first-order valence-corrected chi connectivity index (χ1v) is 7.04. The van der Waals surface area contributed by atoms with Gasteiger partial charge in [0.15, 0.2) is 5.82 Å². The minimum absolute atomic E-state index is 0.360. The zero-order chi connectivity index (χ0) is 13.9. The summed E-state index contributed by atoms with van der Waals surface area (Å²) in [6, 6.07) is 5.35. The van der Waals surface area contributed by atoms with E-state index in [1.165, 1.54) is 0 Å². The number of rotatable bonds is 3. The fourth-order valence-electron chi connectivity index (χ4n) is 2.44. The van der Waals surface area contributed by atoms with E-state index in [0.29, 0.717) is 22.6 Å². The van der Waals surface area contributed by atoms with Crippen LogP contribution in [-0.2, 0) is 0 Å². The van der Waals surface area contributed by atoms with Gasteiger partial charge in [0, 0.05) is 10.9 Å². The molecule has 0 atom stereocenters. The van der Waals surface area contributed by atoms with Gasteiger partial charge in [-0.1, -0.05) is 16.8 Å². The van der Waals surface area contributed by atoms with Crippen molar-refractivity contribution in [3.8, 4) is 17.2 Å². The molecule has 1 aliphatic heterocycles. The lowest BCUT2D eigenvalue weighted by atomic mass is 9.98. The normalized spacial score (nSPS) is 16.3. The molecule has 106 valence electrons. The number of ether oxygens (including phenoxy) is 1. The summed E-state index contributed by atoms with van der Waals surface area (Å²) in [5, 5.41) is 8.05. The largest absolute Gasteiger partial charge is 0.496 e. The molecule has 0 bridgehead atoms. The molecule has 0 aliphatic carbocycles. The Kier molecular flexibility index (Phi) is 3.89. The molecule has 5 nitrogen and oxygen atoms in total. The molecule has 2 heterocycles. The number of hydrogen-bond donors (Lipinski definition) is 1. The molecule has 2 aromatic rings. The van der Waals surface area contributed by atoms with Gasteiger partial charge >= 0.3 is 0 Å². The lowest BCUT2D eigenvalue weighted by molar-refractivity contribution is 0.387. The number of nitrogens with one attached hydrogen (secondary N) is 1. The van der Waals surface area contributed by atoms with Gasteiger partial charge in [-0.2, -0.15) is 4.98 Å². The van der Waals surface area contributed by atoms with Crippen LogP contribution in [0.3, 0.4) is 0 Å². The van der Waals surface area contributed by atoms with E-state index in [0.717, 1.165) is 37.3 Å². The summed E-state index contributed by atoms with van der Waals surface area (Å²) in [5.74, 6) is 2.26. The number of aromatic nitrogens is 2. The zero-order valence-corrected chi connectivity index (χ0v) is 12.0. The molecule has 20 heavy (non-hydrogen) atoms. The molecule has 1 saturated heterocycles. The van der Waals surface area contributed by atoms with Crippen LogP contribution in [0, 0.1) is 0 Å². The maximum Gasteiger partial charge on any atom is 0.261 e. The van der Waals surface area contributed by atoms with E-state index in [1.807, 2.05) is 0 Å². The summed E-state index contributed by atoms with van der Waals surface area (Å²) in [6.07, 6.45) is 2.07. The molecular weight excluding hydrogens is 278 g/mol. The van der Waals surface area contributed by atoms with Crippen LogP contribution in [0.5, 0.6) is 5.75 Å². The maximum atomic E-state index is 6.03. The van der Waals surface area contributed by atoms with Crippen molar-refractivity contribution >= 4 is 11.6 Å². The van der Waals surface area contributed by atoms with Crippen molar-refractivity contribution in [1.82, 2.24) is 15.5 Å². The summed E-state index contributed by atoms with van der Waals surface area (Å²) in [4.78, 5) is 4.51. The summed E-state index contributed by atoms with van der Waals surface area (Å²) in [6.45, 7) is 1.99. The topological polar surface area (TPSA) is 60.2 Å². The molecule has 3 rings (SSSR count). The molecular formula is C14H16ClN3O2. The molecule has 0 spiro atoms. The van der Waals surface area contributed by atoms with Crippen LogP contribution in [0.4, 0.5) is 0 Å². The second-order valence-corrected chi connectivity index (χ2v) is 5.26. The Hall–Kier alpha value is -1.59. The van der Waals surface area contributed by atoms with Gasteiger partial charge in [0.25, 0.3) is 5.89 Å². The average molecular weight is 294 g/mol. The monoisotopic (exact) mass is 293 g/mol. The maximum absolute atomic E-state index is 6.03. The van der Waals surface area contributed by atoms with Crippen molar-refractivity contribution < 1.29 is 9.26 Å². The first-order valence-electron chi connectivity index (χ1n) is 6.66. The van der Waals surface area contributed by atoms with Crippen molar-refractivity contribution in [2.45, 2.75) is 18.8 Å². The number of nitrogens with zero attached hydrogens (tertiary/aromatic N) is 2. The Morgan fingerprint density at radius 1 is 1.35 bits per heavy atom. The van der Waals surface area contributed by atoms with Crippen molar-refractivity contribution in [2.75, 3.05) is 20.2 Å². The number of halogens is 1. The molecule has 0 radical (unpaired) electrons. The van der Waals surface area contributed by atoms with E-state index in [-0.39, 0.29) is 0 Å². The quantitative estimate of drug-likeness (QED) is 0.943. The molecule has 6 heteroatoms. The minimum Gasteiger partial charge on any atom is -0.496 e. The van der Waals surface area contributed by atoms with E-state index in [9.17, 15) is 0 Å². The fraction of sp³-hybridized carbons (Fsp3) is 0.429. The van der Waals surface area contributed by atoms with Gasteiger partial charge in [-0.15, -0.1) is 0 Å². The molecule has 1 aromatic carbocycles. The zero-order valence-electron chi connectivity index (χ0n) is 11.2. The molecule has 0 saturated carbocycles. The van der Waals surface area contributed by atoms with E-state index in [4.69, 9.17) is 20.9 Å². The highest BCUT2D eigenvalue weighted by Gasteiger charge is 2.22. The smallest absolute Gasteiger partial charge is 0.261 e. The second-order valence-electron chi connectivity index (χ2n) is 4.83. The van der Waals surface area contributed by atoms with Gasteiger partial charge in [-0.05, 0) is 44.1 Å². The number of benzene rings is 1. The van der Waals surface area contributed by atoms with Gasteiger partial charge in [-0.3, -0.25) is 0 Å². The molecule has 0 unspecified atom stereocenters. The second kappa shape index (κ2) is 5.81. The third-order valence-corrected chi connectivity index (χ3v) is 3.77. The van der Waals surface area contributed by atoms with Crippen LogP contribution in [-0.4, -0.2) is 30.3 Å². The number of piperidine rings is 1. The molecule has 1 aliphatic rings. The Morgan fingerprint density at radius 2 is 2.15 bits per heavy atom. The molecule has 1 aromatic heterocycles. The van der Waals surface area contributed by atoms with Crippen molar-refractivity contribution in [3.05, 3.63) is 29.0 Å². The first-order chi connectivity index (χ1) is 9.78. The highest BCUT2D eigenvalue weighted by Crippen LogP contribution is 2.33. The van der Waals surface area contributed by atoms with Crippen LogP contribution in [0.2, 0.25) is 5.02 Å². The SMILES string of the molecule is COc1ccc(Cl)cc1-c1nc(C2CCNCC2)no1. The van der Waals surface area contributed by atoms with Gasteiger partial charge in [0.1, 0.15) is 5.75 Å². The van der Waals surface area contributed by atoms with Crippen LogP contribution >= 0.6 is 11.6 Å². The van der Waals surface area contributed by atoms with Gasteiger partial charge in [-0.25, -0.2) is 0 Å². The van der Waals surface area contributed by atoms with E-state index in [1.54, 1.807) is 25.3 Å². The molecule has 0 amide bonds. The Labute approximate surface area is 122 Å². The van der Waals surface area contributed by atoms with E-state index in [2.05, 4.69) is 15.5 Å². The van der Waals surface area contributed by atoms with Crippen molar-refractivity contribution in [3.63, 3.8) is 0 Å². The van der Waals surface area contributed by atoms with Crippen LogP contribution in [0.25, 0.3) is 11.5 Å². The summed E-state index contributed by atoms with van der Waals surface area (Å²) in [7, 11) is 1.61. The van der Waals surface area contributed by atoms with Crippen LogP contribution in [0.1, 0.15) is 24.6 Å². The number of hydrogen-bond acceptors (Lipinski definition) is 5. The average Bonchev–Trinajstić information content (AvgIpc) is 2.98. The predicted molar refractivity (Wildman–Crippen MR) is 76.1 cm³/mol. The van der Waals surface area contributed by atoms with E-state index >= 15 is 0 Å². The first kappa shape index (κ1) is 13.4. The highest BCUT2D eigenvalue weighted by atomic mass is 35.5. The lowest BCUT2D eigenvalue weighted by Gasteiger charge is -2.18.